The zero-order valence-corrected chi connectivity index (χ0v) is 11.6. The van der Waals surface area contributed by atoms with Gasteiger partial charge in [-0.1, -0.05) is 6.92 Å². The summed E-state index contributed by atoms with van der Waals surface area (Å²) in [6.07, 6.45) is 10.3. The molecule has 0 fully saturated rings. The zero-order valence-electron chi connectivity index (χ0n) is 11.6. The second-order valence-corrected chi connectivity index (χ2v) is 4.63. The van der Waals surface area contributed by atoms with Gasteiger partial charge in [-0.05, 0) is 25.5 Å². The van der Waals surface area contributed by atoms with Gasteiger partial charge in [0.05, 0.1) is 11.7 Å². The van der Waals surface area contributed by atoms with E-state index in [1.54, 1.807) is 12.5 Å². The molecular weight excluding hydrogens is 238 g/mol. The molecule has 0 radical (unpaired) electrons. The van der Waals surface area contributed by atoms with Crippen molar-refractivity contribution < 1.29 is 0 Å². The average Bonchev–Trinajstić information content (AvgIpc) is 2.85. The Morgan fingerprint density at radius 1 is 1.32 bits per heavy atom. The third-order valence-electron chi connectivity index (χ3n) is 3.18. The first-order valence-corrected chi connectivity index (χ1v) is 6.76. The molecule has 0 saturated heterocycles. The molecule has 0 aliphatic heterocycles. The maximum Gasteiger partial charge on any atom is 0.115 e. The Hall–Kier alpha value is -1.75. The standard InChI is InChI=1S/C14H21N5/c1-3-7-16-12(13-6-8-15-11-18-13)4-5-14-17-9-10-19(14)2/h6,8-12,16H,3-5,7H2,1-2H3. The van der Waals surface area contributed by atoms with Gasteiger partial charge < -0.3 is 9.88 Å². The highest BCUT2D eigenvalue weighted by atomic mass is 15.0. The van der Waals surface area contributed by atoms with Gasteiger partial charge in [0, 0.05) is 32.1 Å². The molecule has 1 N–H and O–H groups in total. The highest BCUT2D eigenvalue weighted by molar-refractivity contribution is 5.05. The predicted octanol–water partition coefficient (Wildman–Crippen LogP) is 1.88. The summed E-state index contributed by atoms with van der Waals surface area (Å²) in [5.74, 6) is 1.11. The van der Waals surface area contributed by atoms with Gasteiger partial charge >= 0.3 is 0 Å². The number of hydrogen-bond donors (Lipinski definition) is 1. The van der Waals surface area contributed by atoms with E-state index < -0.39 is 0 Å². The molecule has 0 saturated carbocycles. The molecule has 0 amide bonds. The fourth-order valence-corrected chi connectivity index (χ4v) is 2.09. The number of nitrogens with zero attached hydrogens (tertiary/aromatic N) is 4. The van der Waals surface area contributed by atoms with Crippen molar-refractivity contribution >= 4 is 0 Å². The van der Waals surface area contributed by atoms with Crippen LogP contribution in [0.2, 0.25) is 0 Å². The van der Waals surface area contributed by atoms with Crippen LogP contribution in [0.5, 0.6) is 0 Å². The Morgan fingerprint density at radius 2 is 2.21 bits per heavy atom. The second kappa shape index (κ2) is 6.99. The molecule has 0 aliphatic carbocycles. The van der Waals surface area contributed by atoms with Crippen LogP contribution in [0.25, 0.3) is 0 Å². The quantitative estimate of drug-likeness (QED) is 0.825. The third-order valence-corrected chi connectivity index (χ3v) is 3.18. The average molecular weight is 259 g/mol. The molecule has 19 heavy (non-hydrogen) atoms. The minimum absolute atomic E-state index is 0.264. The highest BCUT2D eigenvalue weighted by Crippen LogP contribution is 2.16. The summed E-state index contributed by atoms with van der Waals surface area (Å²) in [4.78, 5) is 12.7. The number of aromatic nitrogens is 4. The van der Waals surface area contributed by atoms with Crippen molar-refractivity contribution in [2.45, 2.75) is 32.2 Å². The summed E-state index contributed by atoms with van der Waals surface area (Å²) in [5, 5.41) is 3.54. The smallest absolute Gasteiger partial charge is 0.115 e. The summed E-state index contributed by atoms with van der Waals surface area (Å²) >= 11 is 0. The van der Waals surface area contributed by atoms with E-state index in [-0.39, 0.29) is 6.04 Å². The largest absolute Gasteiger partial charge is 0.338 e. The van der Waals surface area contributed by atoms with E-state index in [1.807, 2.05) is 25.5 Å². The van der Waals surface area contributed by atoms with Gasteiger partial charge in [0.2, 0.25) is 0 Å². The van der Waals surface area contributed by atoms with Crippen molar-refractivity contribution in [3.05, 3.63) is 42.5 Å². The van der Waals surface area contributed by atoms with Crippen LogP contribution in [0.4, 0.5) is 0 Å². The number of hydrogen-bond acceptors (Lipinski definition) is 4. The minimum Gasteiger partial charge on any atom is -0.338 e. The molecule has 1 atom stereocenters. The van der Waals surface area contributed by atoms with E-state index in [0.29, 0.717) is 0 Å². The van der Waals surface area contributed by atoms with Crippen molar-refractivity contribution in [1.29, 1.82) is 0 Å². The molecule has 5 nitrogen and oxygen atoms in total. The number of rotatable bonds is 7. The summed E-state index contributed by atoms with van der Waals surface area (Å²) in [6, 6.07) is 2.24. The lowest BCUT2D eigenvalue weighted by molar-refractivity contribution is 0.480. The topological polar surface area (TPSA) is 55.6 Å². The fourth-order valence-electron chi connectivity index (χ4n) is 2.09. The molecule has 1 unspecified atom stereocenters. The van der Waals surface area contributed by atoms with Gasteiger partial charge in [0.25, 0.3) is 0 Å². The second-order valence-electron chi connectivity index (χ2n) is 4.63. The zero-order chi connectivity index (χ0) is 13.5. The maximum absolute atomic E-state index is 4.36. The first-order chi connectivity index (χ1) is 9.31. The van der Waals surface area contributed by atoms with Crippen LogP contribution in [0.3, 0.4) is 0 Å². The van der Waals surface area contributed by atoms with Crippen LogP contribution in [0.1, 0.15) is 37.3 Å². The van der Waals surface area contributed by atoms with Gasteiger partial charge in [-0.15, -0.1) is 0 Å². The molecule has 2 aromatic rings. The molecule has 0 bridgehead atoms. The maximum atomic E-state index is 4.36. The normalized spacial score (nSPS) is 12.5. The van der Waals surface area contributed by atoms with Gasteiger partial charge in [-0.3, -0.25) is 0 Å². The number of imidazole rings is 1. The van der Waals surface area contributed by atoms with Gasteiger partial charge in [0.15, 0.2) is 0 Å². The van der Waals surface area contributed by atoms with Crippen LogP contribution in [-0.4, -0.2) is 26.1 Å². The van der Waals surface area contributed by atoms with Crippen LogP contribution >= 0.6 is 0 Å². The lowest BCUT2D eigenvalue weighted by atomic mass is 10.1. The van der Waals surface area contributed by atoms with Crippen molar-refractivity contribution in [3.63, 3.8) is 0 Å². The van der Waals surface area contributed by atoms with Crippen molar-refractivity contribution in [3.8, 4) is 0 Å². The Bertz CT molecular complexity index is 480. The Balaban J connectivity index is 2.00. The first-order valence-electron chi connectivity index (χ1n) is 6.76. The van der Waals surface area contributed by atoms with Crippen molar-refractivity contribution in [1.82, 2.24) is 24.8 Å². The molecule has 2 rings (SSSR count). The molecule has 0 aromatic carbocycles. The Kier molecular flexibility index (Phi) is 5.03. The van der Waals surface area contributed by atoms with Crippen LogP contribution in [0, 0.1) is 0 Å². The lowest BCUT2D eigenvalue weighted by Crippen LogP contribution is -2.24. The highest BCUT2D eigenvalue weighted by Gasteiger charge is 2.13. The molecular formula is C14H21N5. The third kappa shape index (κ3) is 3.86. The van der Waals surface area contributed by atoms with Gasteiger partial charge in [0.1, 0.15) is 12.2 Å². The summed E-state index contributed by atoms with van der Waals surface area (Å²) in [5.41, 5.74) is 1.05. The summed E-state index contributed by atoms with van der Waals surface area (Å²) < 4.78 is 2.07. The van der Waals surface area contributed by atoms with Crippen LogP contribution < -0.4 is 5.32 Å². The lowest BCUT2D eigenvalue weighted by Gasteiger charge is -2.17. The molecule has 5 heteroatoms. The van der Waals surface area contributed by atoms with E-state index in [0.717, 1.165) is 37.3 Å². The Labute approximate surface area is 114 Å². The van der Waals surface area contributed by atoms with Crippen molar-refractivity contribution in [2.75, 3.05) is 6.54 Å². The Morgan fingerprint density at radius 3 is 2.84 bits per heavy atom. The van der Waals surface area contributed by atoms with Crippen LogP contribution in [0.15, 0.2) is 31.0 Å². The van der Waals surface area contributed by atoms with Crippen LogP contribution in [-0.2, 0) is 13.5 Å². The molecule has 102 valence electrons. The fraction of sp³-hybridized carbons (Fsp3) is 0.500. The van der Waals surface area contributed by atoms with E-state index in [4.69, 9.17) is 0 Å². The number of nitrogens with one attached hydrogen (secondary N) is 1. The first kappa shape index (κ1) is 13.7. The van der Waals surface area contributed by atoms with E-state index in [2.05, 4.69) is 31.8 Å². The van der Waals surface area contributed by atoms with Gasteiger partial charge in [-0.2, -0.15) is 0 Å². The SMILES string of the molecule is CCCNC(CCc1nccn1C)c1ccncn1. The van der Waals surface area contributed by atoms with Gasteiger partial charge in [-0.25, -0.2) is 15.0 Å². The predicted molar refractivity (Wildman–Crippen MR) is 74.6 cm³/mol. The monoisotopic (exact) mass is 259 g/mol. The molecule has 0 aliphatic rings. The van der Waals surface area contributed by atoms with E-state index in [9.17, 15) is 0 Å². The minimum atomic E-state index is 0.264. The summed E-state index contributed by atoms with van der Waals surface area (Å²) in [7, 11) is 2.03. The summed E-state index contributed by atoms with van der Waals surface area (Å²) in [6.45, 7) is 3.16. The molecule has 0 spiro atoms. The number of aryl methyl sites for hydroxylation is 2. The van der Waals surface area contributed by atoms with E-state index in [1.165, 1.54) is 0 Å². The molecule has 2 aromatic heterocycles. The van der Waals surface area contributed by atoms with E-state index >= 15 is 0 Å². The van der Waals surface area contributed by atoms with Crippen molar-refractivity contribution in [2.24, 2.45) is 7.05 Å². The molecule has 2 heterocycles.